The first-order valence-electron chi connectivity index (χ1n) is 7.85. The van der Waals surface area contributed by atoms with Crippen LogP contribution >= 0.6 is 0 Å². The van der Waals surface area contributed by atoms with Gasteiger partial charge in [0.05, 0.1) is 6.26 Å². The van der Waals surface area contributed by atoms with Crippen LogP contribution in [0, 0.1) is 5.92 Å². The highest BCUT2D eigenvalue weighted by Crippen LogP contribution is 2.24. The summed E-state index contributed by atoms with van der Waals surface area (Å²) in [5.41, 5.74) is 0. The van der Waals surface area contributed by atoms with Crippen molar-refractivity contribution in [2.45, 2.75) is 51.1 Å². The largest absolute Gasteiger partial charge is 0.338 e. The Hall–Kier alpha value is -0.660. The van der Waals surface area contributed by atoms with Crippen molar-refractivity contribution in [1.82, 2.24) is 14.9 Å². The number of hydrogen-bond donors (Lipinski definition) is 2. The molecule has 2 saturated heterocycles. The van der Waals surface area contributed by atoms with Gasteiger partial charge >= 0.3 is 0 Å². The molecule has 7 heteroatoms. The number of rotatable bonds is 4. The van der Waals surface area contributed by atoms with E-state index >= 15 is 0 Å². The normalized spacial score (nSPS) is 31.1. The highest BCUT2D eigenvalue weighted by molar-refractivity contribution is 7.88. The molecule has 1 amide bonds. The monoisotopic (exact) mass is 317 g/mol. The van der Waals surface area contributed by atoms with Gasteiger partial charge in [-0.05, 0) is 45.6 Å². The lowest BCUT2D eigenvalue weighted by Gasteiger charge is -2.39. The molecule has 0 saturated carbocycles. The van der Waals surface area contributed by atoms with Gasteiger partial charge in [-0.3, -0.25) is 4.79 Å². The molecule has 2 aliphatic heterocycles. The Morgan fingerprint density at radius 3 is 2.76 bits per heavy atom. The van der Waals surface area contributed by atoms with Crippen molar-refractivity contribution in [3.63, 3.8) is 0 Å². The quantitative estimate of drug-likeness (QED) is 0.782. The van der Waals surface area contributed by atoms with Gasteiger partial charge in [0.15, 0.2) is 0 Å². The Morgan fingerprint density at radius 2 is 2.10 bits per heavy atom. The van der Waals surface area contributed by atoms with E-state index in [0.717, 1.165) is 51.4 Å². The van der Waals surface area contributed by atoms with E-state index in [1.165, 1.54) is 0 Å². The van der Waals surface area contributed by atoms with Crippen LogP contribution in [0.1, 0.15) is 39.0 Å². The van der Waals surface area contributed by atoms with Gasteiger partial charge in [0.25, 0.3) is 0 Å². The molecule has 0 aromatic heterocycles. The maximum atomic E-state index is 12.8. The second-order valence-electron chi connectivity index (χ2n) is 6.38. The summed E-state index contributed by atoms with van der Waals surface area (Å²) in [6.07, 6.45) is 5.88. The van der Waals surface area contributed by atoms with Crippen molar-refractivity contribution in [2.75, 3.05) is 25.9 Å². The smallest absolute Gasteiger partial charge is 0.226 e. The van der Waals surface area contributed by atoms with Crippen LogP contribution in [0.15, 0.2) is 0 Å². The number of piperidine rings is 2. The minimum atomic E-state index is -3.20. The highest BCUT2D eigenvalue weighted by atomic mass is 32.2. The van der Waals surface area contributed by atoms with Crippen molar-refractivity contribution in [1.29, 1.82) is 0 Å². The third-order valence-electron chi connectivity index (χ3n) is 4.46. The molecule has 0 spiro atoms. The number of nitrogens with one attached hydrogen (secondary N) is 2. The summed E-state index contributed by atoms with van der Waals surface area (Å²) < 4.78 is 25.1. The van der Waals surface area contributed by atoms with Crippen LogP contribution in [0.3, 0.4) is 0 Å². The van der Waals surface area contributed by atoms with E-state index in [-0.39, 0.29) is 17.9 Å². The minimum Gasteiger partial charge on any atom is -0.338 e. The summed E-state index contributed by atoms with van der Waals surface area (Å²) in [5.74, 6) is 0.295. The maximum absolute atomic E-state index is 12.8. The Balaban J connectivity index is 1.98. The molecule has 0 radical (unpaired) electrons. The van der Waals surface area contributed by atoms with Crippen LogP contribution in [0.4, 0.5) is 0 Å². The van der Waals surface area contributed by atoms with E-state index in [0.29, 0.717) is 12.6 Å². The van der Waals surface area contributed by atoms with Gasteiger partial charge in [-0.2, -0.15) is 0 Å². The summed E-state index contributed by atoms with van der Waals surface area (Å²) in [5, 5.41) is 3.36. The van der Waals surface area contributed by atoms with E-state index in [4.69, 9.17) is 0 Å². The van der Waals surface area contributed by atoms with Gasteiger partial charge in [-0.1, -0.05) is 0 Å². The zero-order valence-corrected chi connectivity index (χ0v) is 13.8. The molecule has 2 rings (SSSR count). The fraction of sp³-hybridized carbons (Fsp3) is 0.929. The molecule has 0 aliphatic carbocycles. The Bertz CT molecular complexity index is 466. The first-order chi connectivity index (χ1) is 9.87. The molecule has 3 unspecified atom stereocenters. The Kier molecular flexibility index (Phi) is 5.62. The zero-order valence-electron chi connectivity index (χ0n) is 13.0. The molecule has 2 fully saturated rings. The number of nitrogens with zero attached hydrogens (tertiary/aromatic N) is 1. The summed E-state index contributed by atoms with van der Waals surface area (Å²) in [6.45, 7) is 4.09. The Morgan fingerprint density at radius 1 is 1.33 bits per heavy atom. The van der Waals surface area contributed by atoms with Crippen LogP contribution < -0.4 is 10.0 Å². The lowest BCUT2D eigenvalue weighted by atomic mass is 9.90. The molecule has 6 nitrogen and oxygen atoms in total. The molecule has 2 aliphatic rings. The molecule has 0 aromatic carbocycles. The predicted octanol–water partition coefficient (Wildman–Crippen LogP) is 0.305. The van der Waals surface area contributed by atoms with Crippen molar-refractivity contribution < 1.29 is 13.2 Å². The van der Waals surface area contributed by atoms with E-state index < -0.39 is 10.0 Å². The number of sulfonamides is 1. The Labute approximate surface area is 127 Å². The number of carbonyl (C=O) groups excluding carboxylic acids is 1. The van der Waals surface area contributed by atoms with Gasteiger partial charge in [-0.25, -0.2) is 13.1 Å². The fourth-order valence-electron chi connectivity index (χ4n) is 3.34. The lowest BCUT2D eigenvalue weighted by molar-refractivity contribution is -0.140. The predicted molar refractivity (Wildman–Crippen MR) is 82.4 cm³/mol. The van der Waals surface area contributed by atoms with Gasteiger partial charge in [0.2, 0.25) is 15.9 Å². The second kappa shape index (κ2) is 7.07. The standard InChI is InChI=1S/C14H27N3O3S/c1-11-9-12(6-7-15-11)14(18)17-8-4-3-5-13(17)10-16-21(2,19)20/h11-13,15-16H,3-10H2,1-2H3. The van der Waals surface area contributed by atoms with Crippen LogP contribution in [0.5, 0.6) is 0 Å². The van der Waals surface area contributed by atoms with Crippen molar-refractivity contribution in [3.05, 3.63) is 0 Å². The van der Waals surface area contributed by atoms with Crippen molar-refractivity contribution in [2.24, 2.45) is 5.92 Å². The van der Waals surface area contributed by atoms with E-state index in [2.05, 4.69) is 17.0 Å². The average molecular weight is 317 g/mol. The van der Waals surface area contributed by atoms with Gasteiger partial charge in [0, 0.05) is 31.1 Å². The summed E-state index contributed by atoms with van der Waals surface area (Å²) in [7, 11) is -3.20. The number of likely N-dealkylation sites (tertiary alicyclic amines) is 1. The van der Waals surface area contributed by atoms with E-state index in [9.17, 15) is 13.2 Å². The molecule has 2 heterocycles. The molecule has 2 N–H and O–H groups in total. The van der Waals surface area contributed by atoms with Gasteiger partial charge in [0.1, 0.15) is 0 Å². The first-order valence-corrected chi connectivity index (χ1v) is 9.74. The number of hydrogen-bond acceptors (Lipinski definition) is 4. The molecule has 0 aromatic rings. The molecule has 122 valence electrons. The number of amides is 1. The summed E-state index contributed by atoms with van der Waals surface area (Å²) in [4.78, 5) is 14.7. The third kappa shape index (κ3) is 4.93. The zero-order chi connectivity index (χ0) is 15.5. The van der Waals surface area contributed by atoms with Crippen LogP contribution in [-0.4, -0.2) is 57.2 Å². The van der Waals surface area contributed by atoms with Gasteiger partial charge in [-0.15, -0.1) is 0 Å². The number of carbonyl (C=O) groups is 1. The van der Waals surface area contributed by atoms with Crippen molar-refractivity contribution in [3.8, 4) is 0 Å². The molecule has 3 atom stereocenters. The fourth-order valence-corrected chi connectivity index (χ4v) is 3.84. The van der Waals surface area contributed by atoms with E-state index in [1.54, 1.807) is 0 Å². The molecular formula is C14H27N3O3S. The SMILES string of the molecule is CC1CC(C(=O)N2CCCCC2CNS(C)(=O)=O)CCN1. The maximum Gasteiger partial charge on any atom is 0.226 e. The molecule has 0 bridgehead atoms. The summed E-state index contributed by atoms with van der Waals surface area (Å²) >= 11 is 0. The molecule has 21 heavy (non-hydrogen) atoms. The molecular weight excluding hydrogens is 290 g/mol. The summed E-state index contributed by atoms with van der Waals surface area (Å²) in [6, 6.07) is 0.385. The minimum absolute atomic E-state index is 0.00571. The van der Waals surface area contributed by atoms with Crippen LogP contribution in [0.25, 0.3) is 0 Å². The van der Waals surface area contributed by atoms with Crippen LogP contribution in [0.2, 0.25) is 0 Å². The lowest BCUT2D eigenvalue weighted by Crippen LogP contribution is -2.52. The average Bonchev–Trinajstić information content (AvgIpc) is 2.44. The van der Waals surface area contributed by atoms with Crippen LogP contribution in [-0.2, 0) is 14.8 Å². The second-order valence-corrected chi connectivity index (χ2v) is 8.21. The van der Waals surface area contributed by atoms with E-state index in [1.807, 2.05) is 4.90 Å². The first kappa shape index (κ1) is 16.7. The van der Waals surface area contributed by atoms with Crippen molar-refractivity contribution >= 4 is 15.9 Å². The third-order valence-corrected chi connectivity index (χ3v) is 5.16. The van der Waals surface area contributed by atoms with Gasteiger partial charge < -0.3 is 10.2 Å². The highest BCUT2D eigenvalue weighted by Gasteiger charge is 2.33. The topological polar surface area (TPSA) is 78.5 Å².